The van der Waals surface area contributed by atoms with Crippen LogP contribution in [0.4, 0.5) is 4.39 Å². The summed E-state index contributed by atoms with van der Waals surface area (Å²) >= 11 is 0. The Morgan fingerprint density at radius 2 is 1.48 bits per heavy atom. The maximum atomic E-state index is 13.0. The molecule has 126 valence electrons. The average Bonchev–Trinajstić information content (AvgIpc) is 2.95. The number of hydrogen-bond donors (Lipinski definition) is 1. The Bertz CT molecular complexity index is 925. The lowest BCUT2D eigenvalue weighted by Crippen LogP contribution is -2.11. The largest absolute Gasteiger partial charge is 0.481 e. The number of ketones is 1. The summed E-state index contributed by atoms with van der Waals surface area (Å²) < 4.78 is 14.6. The molecule has 0 bridgehead atoms. The first-order valence-electron chi connectivity index (χ1n) is 7.73. The van der Waals surface area contributed by atoms with E-state index in [1.165, 1.54) is 12.1 Å². The first kappa shape index (κ1) is 16.6. The van der Waals surface area contributed by atoms with E-state index in [9.17, 15) is 14.0 Å². The first-order valence-corrected chi connectivity index (χ1v) is 7.73. The molecule has 1 aromatic heterocycles. The van der Waals surface area contributed by atoms with Crippen LogP contribution in [0.1, 0.15) is 21.7 Å². The summed E-state index contributed by atoms with van der Waals surface area (Å²) in [6.45, 7) is 0. The van der Waals surface area contributed by atoms with E-state index in [1.54, 1.807) is 48.0 Å². The van der Waals surface area contributed by atoms with Gasteiger partial charge in [0.15, 0.2) is 0 Å². The quantitative estimate of drug-likeness (QED) is 0.722. The zero-order chi connectivity index (χ0) is 18.0. The number of benzene rings is 2. The molecule has 5 heteroatoms. The molecule has 0 amide bonds. The highest BCUT2D eigenvalue weighted by atomic mass is 19.1. The minimum Gasteiger partial charge on any atom is -0.481 e. The maximum absolute atomic E-state index is 13.0. The summed E-state index contributed by atoms with van der Waals surface area (Å²) in [6, 6.07) is 16.5. The van der Waals surface area contributed by atoms with Crippen molar-refractivity contribution in [3.63, 3.8) is 0 Å². The molecule has 0 saturated heterocycles. The predicted molar refractivity (Wildman–Crippen MR) is 92.0 cm³/mol. The van der Waals surface area contributed by atoms with Crippen LogP contribution in [-0.4, -0.2) is 21.4 Å². The number of halogens is 1. The Hall–Kier alpha value is -3.21. The fourth-order valence-corrected chi connectivity index (χ4v) is 2.72. The number of rotatable bonds is 5. The summed E-state index contributed by atoms with van der Waals surface area (Å²) in [5.74, 6) is -1.41. The molecule has 25 heavy (non-hydrogen) atoms. The molecule has 0 aliphatic carbocycles. The monoisotopic (exact) mass is 337 g/mol. The predicted octanol–water partition coefficient (Wildman–Crippen LogP) is 3.69. The molecule has 0 atom stereocenters. The molecule has 2 aromatic carbocycles. The second-order valence-electron chi connectivity index (χ2n) is 5.75. The van der Waals surface area contributed by atoms with Crippen LogP contribution in [0.25, 0.3) is 11.1 Å². The summed E-state index contributed by atoms with van der Waals surface area (Å²) in [6.07, 6.45) is -0.132. The fourth-order valence-electron chi connectivity index (χ4n) is 2.72. The number of aromatic nitrogens is 1. The zero-order valence-electron chi connectivity index (χ0n) is 13.6. The second-order valence-corrected chi connectivity index (χ2v) is 5.75. The molecular formula is C20H16FNO3. The third kappa shape index (κ3) is 3.50. The molecule has 0 saturated carbocycles. The van der Waals surface area contributed by atoms with Gasteiger partial charge in [-0.25, -0.2) is 4.39 Å². The van der Waals surface area contributed by atoms with Gasteiger partial charge in [0.05, 0.1) is 12.1 Å². The van der Waals surface area contributed by atoms with Gasteiger partial charge in [0.2, 0.25) is 5.78 Å². The van der Waals surface area contributed by atoms with Crippen molar-refractivity contribution in [2.45, 2.75) is 6.42 Å². The van der Waals surface area contributed by atoms with E-state index in [0.29, 0.717) is 17.0 Å². The highest BCUT2D eigenvalue weighted by molar-refractivity contribution is 6.08. The summed E-state index contributed by atoms with van der Waals surface area (Å²) in [7, 11) is 1.68. The number of hydrogen-bond acceptors (Lipinski definition) is 2. The van der Waals surface area contributed by atoms with Gasteiger partial charge in [0.25, 0.3) is 0 Å². The molecule has 0 spiro atoms. The normalized spacial score (nSPS) is 10.6. The van der Waals surface area contributed by atoms with Crippen LogP contribution in [0.5, 0.6) is 0 Å². The Balaban J connectivity index is 1.85. The van der Waals surface area contributed by atoms with E-state index in [4.69, 9.17) is 5.11 Å². The van der Waals surface area contributed by atoms with Crippen LogP contribution in [-0.2, 0) is 18.3 Å². The Labute approximate surface area is 144 Å². The highest BCUT2D eigenvalue weighted by Crippen LogP contribution is 2.21. The topological polar surface area (TPSA) is 59.3 Å². The van der Waals surface area contributed by atoms with Crippen LogP contribution in [0.15, 0.2) is 60.7 Å². The van der Waals surface area contributed by atoms with E-state index in [2.05, 4.69) is 0 Å². The number of aliphatic carboxylic acids is 1. The standard InChI is InChI=1S/C20H16FNO3/c1-22-17(12-19(23)24)10-11-18(22)20(25)15-4-2-13(3-5-15)14-6-8-16(21)9-7-14/h2-11H,12H2,1H3,(H,23,24). The van der Waals surface area contributed by atoms with Gasteiger partial charge in [-0.2, -0.15) is 0 Å². The Morgan fingerprint density at radius 3 is 2.04 bits per heavy atom. The number of carboxylic acid groups (broad SMARTS) is 1. The lowest BCUT2D eigenvalue weighted by atomic mass is 10.0. The Kier molecular flexibility index (Phi) is 4.48. The van der Waals surface area contributed by atoms with Crippen molar-refractivity contribution in [1.82, 2.24) is 4.57 Å². The van der Waals surface area contributed by atoms with Gasteiger partial charge in [0.1, 0.15) is 5.82 Å². The zero-order valence-corrected chi connectivity index (χ0v) is 13.6. The van der Waals surface area contributed by atoms with Crippen LogP contribution in [0, 0.1) is 5.82 Å². The van der Waals surface area contributed by atoms with Crippen molar-refractivity contribution in [3.05, 3.63) is 83.4 Å². The van der Waals surface area contributed by atoms with Crippen LogP contribution in [0.2, 0.25) is 0 Å². The van der Waals surface area contributed by atoms with Gasteiger partial charge in [0, 0.05) is 18.3 Å². The Morgan fingerprint density at radius 1 is 0.920 bits per heavy atom. The molecule has 0 radical (unpaired) electrons. The van der Waals surface area contributed by atoms with E-state index < -0.39 is 5.97 Å². The van der Waals surface area contributed by atoms with Crippen molar-refractivity contribution < 1.29 is 19.1 Å². The van der Waals surface area contributed by atoms with E-state index in [-0.39, 0.29) is 18.0 Å². The lowest BCUT2D eigenvalue weighted by Gasteiger charge is -2.07. The second kappa shape index (κ2) is 6.73. The molecule has 1 N–H and O–H groups in total. The van der Waals surface area contributed by atoms with Gasteiger partial charge in [-0.3, -0.25) is 9.59 Å². The SMILES string of the molecule is Cn1c(CC(=O)O)ccc1C(=O)c1ccc(-c2ccc(F)cc2)cc1. The molecular weight excluding hydrogens is 321 g/mol. The van der Waals surface area contributed by atoms with Crippen LogP contribution < -0.4 is 0 Å². The summed E-state index contributed by atoms with van der Waals surface area (Å²) in [5, 5.41) is 8.89. The first-order chi connectivity index (χ1) is 12.0. The van der Waals surface area contributed by atoms with E-state index >= 15 is 0 Å². The van der Waals surface area contributed by atoms with E-state index in [1.807, 2.05) is 12.1 Å². The van der Waals surface area contributed by atoms with Crippen molar-refractivity contribution in [1.29, 1.82) is 0 Å². The molecule has 0 aliphatic rings. The van der Waals surface area contributed by atoms with Crippen molar-refractivity contribution in [3.8, 4) is 11.1 Å². The third-order valence-electron chi connectivity index (χ3n) is 4.12. The highest BCUT2D eigenvalue weighted by Gasteiger charge is 2.16. The van der Waals surface area contributed by atoms with Gasteiger partial charge in [-0.1, -0.05) is 36.4 Å². The molecule has 0 fully saturated rings. The number of carbonyl (C=O) groups is 2. The number of carboxylic acids is 1. The van der Waals surface area contributed by atoms with Crippen LogP contribution >= 0.6 is 0 Å². The van der Waals surface area contributed by atoms with Crippen molar-refractivity contribution in [2.24, 2.45) is 7.05 Å². The molecule has 3 rings (SSSR count). The third-order valence-corrected chi connectivity index (χ3v) is 4.12. The number of nitrogens with zero attached hydrogens (tertiary/aromatic N) is 1. The molecule has 0 unspecified atom stereocenters. The summed E-state index contributed by atoms with van der Waals surface area (Å²) in [5.41, 5.74) is 3.26. The van der Waals surface area contributed by atoms with E-state index in [0.717, 1.165) is 11.1 Å². The smallest absolute Gasteiger partial charge is 0.309 e. The minimum absolute atomic E-state index is 0.132. The number of carbonyl (C=O) groups excluding carboxylic acids is 1. The van der Waals surface area contributed by atoms with Crippen molar-refractivity contribution in [2.75, 3.05) is 0 Å². The fraction of sp³-hybridized carbons (Fsp3) is 0.100. The van der Waals surface area contributed by atoms with Gasteiger partial charge in [-0.05, 0) is 35.4 Å². The maximum Gasteiger partial charge on any atom is 0.309 e. The molecule has 3 aromatic rings. The van der Waals surface area contributed by atoms with Crippen molar-refractivity contribution >= 4 is 11.8 Å². The average molecular weight is 337 g/mol. The lowest BCUT2D eigenvalue weighted by molar-refractivity contribution is -0.136. The van der Waals surface area contributed by atoms with Crippen LogP contribution in [0.3, 0.4) is 0 Å². The molecule has 1 heterocycles. The molecule has 4 nitrogen and oxygen atoms in total. The van der Waals surface area contributed by atoms with Gasteiger partial charge < -0.3 is 9.67 Å². The van der Waals surface area contributed by atoms with Gasteiger partial charge >= 0.3 is 5.97 Å². The van der Waals surface area contributed by atoms with Gasteiger partial charge in [-0.15, -0.1) is 0 Å². The summed E-state index contributed by atoms with van der Waals surface area (Å²) in [4.78, 5) is 23.5. The minimum atomic E-state index is -0.941. The molecule has 0 aliphatic heterocycles.